The first-order valence-electron chi connectivity index (χ1n) is 9.04. The number of allylic oxidation sites excluding steroid dienone is 1. The fraction of sp³-hybridized carbons (Fsp3) is 0.273. The smallest absolute Gasteiger partial charge is 0.244 e. The molecule has 2 heterocycles. The Hall–Kier alpha value is -3.46. The number of rotatable bonds is 2. The maximum Gasteiger partial charge on any atom is 0.244 e. The van der Waals surface area contributed by atoms with Crippen molar-refractivity contribution in [3.8, 4) is 0 Å². The number of anilines is 1. The van der Waals surface area contributed by atoms with E-state index in [-0.39, 0.29) is 17.4 Å². The van der Waals surface area contributed by atoms with Gasteiger partial charge in [0.1, 0.15) is 5.41 Å². The minimum Gasteiger partial charge on any atom is -0.307 e. The van der Waals surface area contributed by atoms with Crippen molar-refractivity contribution in [2.45, 2.75) is 19.3 Å². The third kappa shape index (κ3) is 2.29. The largest absolute Gasteiger partial charge is 0.307 e. The number of nitrogens with zero attached hydrogens (tertiary/aromatic N) is 4. The molecule has 140 valence electrons. The second kappa shape index (κ2) is 6.03. The van der Waals surface area contributed by atoms with Gasteiger partial charge >= 0.3 is 0 Å². The Morgan fingerprint density at radius 2 is 1.89 bits per heavy atom. The van der Waals surface area contributed by atoms with E-state index in [1.54, 1.807) is 48.9 Å². The third-order valence-corrected chi connectivity index (χ3v) is 5.66. The van der Waals surface area contributed by atoms with Gasteiger partial charge in [-0.1, -0.05) is 56.3 Å². The van der Waals surface area contributed by atoms with Crippen LogP contribution < -0.4 is 4.90 Å². The molecule has 1 aromatic carbocycles. The monoisotopic (exact) mass is 372 g/mol. The van der Waals surface area contributed by atoms with Crippen molar-refractivity contribution in [3.05, 3.63) is 83.1 Å². The molecule has 1 amide bonds. The Labute approximate surface area is 163 Å². The fourth-order valence-corrected chi connectivity index (χ4v) is 4.27. The highest BCUT2D eigenvalue weighted by molar-refractivity contribution is 6.14. The van der Waals surface area contributed by atoms with Crippen LogP contribution in [0.5, 0.6) is 0 Å². The Morgan fingerprint density at radius 1 is 1.18 bits per heavy atom. The van der Waals surface area contributed by atoms with E-state index in [4.69, 9.17) is 6.57 Å². The van der Waals surface area contributed by atoms with Crippen molar-refractivity contribution in [1.29, 1.82) is 0 Å². The lowest BCUT2D eigenvalue weighted by Gasteiger charge is -2.48. The number of hydrogen-bond acceptors (Lipinski definition) is 3. The van der Waals surface area contributed by atoms with Crippen molar-refractivity contribution >= 4 is 17.4 Å². The molecule has 2 aliphatic rings. The van der Waals surface area contributed by atoms with Crippen LogP contribution in [0, 0.1) is 12.0 Å². The summed E-state index contributed by atoms with van der Waals surface area (Å²) in [5.74, 6) is -0.422. The number of hydrogen-bond donors (Lipinski definition) is 0. The molecule has 0 radical (unpaired) electrons. The molecule has 0 N–H and O–H groups in total. The Morgan fingerprint density at radius 3 is 2.50 bits per heavy atom. The summed E-state index contributed by atoms with van der Waals surface area (Å²) in [6.45, 7) is 11.5. The molecule has 0 bridgehead atoms. The molecule has 0 unspecified atom stereocenters. The number of fused-ring (bicyclic) bond motifs is 1. The molecule has 2 aromatic rings. The van der Waals surface area contributed by atoms with Gasteiger partial charge in [-0.05, 0) is 11.1 Å². The van der Waals surface area contributed by atoms with Crippen LogP contribution in [0.3, 0.4) is 0 Å². The Balaban J connectivity index is 2.03. The molecule has 1 aliphatic heterocycles. The van der Waals surface area contributed by atoms with Crippen LogP contribution in [0.15, 0.2) is 66.1 Å². The summed E-state index contributed by atoms with van der Waals surface area (Å²) in [5.41, 5.74) is 0.0432. The van der Waals surface area contributed by atoms with Crippen molar-refractivity contribution in [2.75, 3.05) is 11.4 Å². The standard InChI is InChI=1S/C22H20N4O2/c1-21(2)18-10-11-26(16-13-24-25(4)14-16)20(28)22(18,12-17(23-3)19(21)27)15-8-6-5-7-9-15/h5-10,12-14H,11H2,1-2,4H3/t22-/m1/s1. The molecule has 0 saturated carbocycles. The summed E-state index contributed by atoms with van der Waals surface area (Å²) in [4.78, 5) is 32.0. The van der Waals surface area contributed by atoms with E-state index in [2.05, 4.69) is 9.94 Å². The third-order valence-electron chi connectivity index (χ3n) is 5.66. The van der Waals surface area contributed by atoms with Gasteiger partial charge in [0, 0.05) is 25.2 Å². The van der Waals surface area contributed by atoms with Crippen molar-refractivity contribution < 1.29 is 9.59 Å². The van der Waals surface area contributed by atoms with E-state index >= 15 is 0 Å². The number of aromatic nitrogens is 2. The lowest BCUT2D eigenvalue weighted by molar-refractivity contribution is -0.125. The number of benzene rings is 1. The highest BCUT2D eigenvalue weighted by Gasteiger charge is 2.56. The van der Waals surface area contributed by atoms with Crippen LogP contribution in [0.4, 0.5) is 5.69 Å². The number of carbonyl (C=O) groups is 2. The maximum atomic E-state index is 13.9. The first-order chi connectivity index (χ1) is 13.3. The molecule has 4 rings (SSSR count). The molecular formula is C22H20N4O2. The average molecular weight is 372 g/mol. The molecule has 28 heavy (non-hydrogen) atoms. The average Bonchev–Trinajstić information content (AvgIpc) is 3.12. The molecule has 6 heteroatoms. The zero-order valence-corrected chi connectivity index (χ0v) is 16.0. The van der Waals surface area contributed by atoms with Crippen LogP contribution >= 0.6 is 0 Å². The first kappa shape index (κ1) is 17.9. The van der Waals surface area contributed by atoms with Crippen LogP contribution in [-0.4, -0.2) is 28.0 Å². The molecular weight excluding hydrogens is 352 g/mol. The highest BCUT2D eigenvalue weighted by Crippen LogP contribution is 2.52. The number of carbonyl (C=O) groups excluding carboxylic acids is 2. The molecule has 1 atom stereocenters. The van der Waals surface area contributed by atoms with Gasteiger partial charge in [-0.3, -0.25) is 9.48 Å². The van der Waals surface area contributed by atoms with Crippen molar-refractivity contribution in [3.63, 3.8) is 0 Å². The van der Waals surface area contributed by atoms with Gasteiger partial charge in [0.15, 0.2) is 5.78 Å². The molecule has 0 fully saturated rings. The van der Waals surface area contributed by atoms with Gasteiger partial charge in [0.2, 0.25) is 11.6 Å². The summed E-state index contributed by atoms with van der Waals surface area (Å²) in [5, 5.41) is 4.18. The second-order valence-electron chi connectivity index (χ2n) is 7.68. The van der Waals surface area contributed by atoms with Crippen molar-refractivity contribution in [2.24, 2.45) is 12.5 Å². The van der Waals surface area contributed by atoms with Crippen LogP contribution in [0.1, 0.15) is 19.4 Å². The summed E-state index contributed by atoms with van der Waals surface area (Å²) in [6.07, 6.45) is 6.94. The molecule has 6 nitrogen and oxygen atoms in total. The van der Waals surface area contributed by atoms with E-state index in [0.717, 1.165) is 11.1 Å². The predicted molar refractivity (Wildman–Crippen MR) is 105 cm³/mol. The van der Waals surface area contributed by atoms with E-state index in [1.165, 1.54) is 0 Å². The predicted octanol–water partition coefficient (Wildman–Crippen LogP) is 3.04. The fourth-order valence-electron chi connectivity index (χ4n) is 4.27. The number of ketones is 1. The molecule has 1 aliphatic carbocycles. The van der Waals surface area contributed by atoms with Crippen LogP contribution in [-0.2, 0) is 22.1 Å². The van der Waals surface area contributed by atoms with Crippen LogP contribution in [0.2, 0.25) is 0 Å². The zero-order chi connectivity index (χ0) is 20.1. The zero-order valence-electron chi connectivity index (χ0n) is 16.0. The number of Topliss-reactive ketones (excluding diaryl/α,β-unsaturated/α-hetero) is 1. The van der Waals surface area contributed by atoms with Gasteiger partial charge < -0.3 is 9.69 Å². The molecule has 0 spiro atoms. The molecule has 1 aromatic heterocycles. The Bertz CT molecular complexity index is 1090. The Kier molecular flexibility index (Phi) is 3.86. The maximum absolute atomic E-state index is 13.9. The summed E-state index contributed by atoms with van der Waals surface area (Å²) in [6, 6.07) is 9.37. The minimum absolute atomic E-state index is 0.00684. The second-order valence-corrected chi connectivity index (χ2v) is 7.68. The SMILES string of the molecule is [C-]#[N+]C1=C[C@]2(c3ccccc3)C(=O)N(c3cnn(C)c3)CC=C2C(C)(C)C1=O. The topological polar surface area (TPSA) is 59.6 Å². The number of aryl methyl sites for hydroxylation is 1. The van der Waals surface area contributed by atoms with Gasteiger partial charge in [0.05, 0.1) is 18.5 Å². The summed E-state index contributed by atoms with van der Waals surface area (Å²) >= 11 is 0. The van der Waals surface area contributed by atoms with Gasteiger partial charge in [-0.2, -0.15) is 5.10 Å². The lowest BCUT2D eigenvalue weighted by Crippen LogP contribution is -2.56. The van der Waals surface area contributed by atoms with Gasteiger partial charge in [-0.25, -0.2) is 4.85 Å². The molecule has 0 saturated heterocycles. The summed E-state index contributed by atoms with van der Waals surface area (Å²) in [7, 11) is 1.80. The highest BCUT2D eigenvalue weighted by atomic mass is 16.2. The van der Waals surface area contributed by atoms with Crippen molar-refractivity contribution in [1.82, 2.24) is 9.78 Å². The van der Waals surface area contributed by atoms with Crippen LogP contribution in [0.25, 0.3) is 4.85 Å². The van der Waals surface area contributed by atoms with Gasteiger partial charge in [-0.15, -0.1) is 0 Å². The summed E-state index contributed by atoms with van der Waals surface area (Å²) < 4.78 is 1.64. The van der Waals surface area contributed by atoms with E-state index in [9.17, 15) is 9.59 Å². The van der Waals surface area contributed by atoms with E-state index in [1.807, 2.05) is 36.4 Å². The van der Waals surface area contributed by atoms with E-state index < -0.39 is 10.8 Å². The first-order valence-corrected chi connectivity index (χ1v) is 9.04. The number of amides is 1. The minimum atomic E-state index is -1.19. The van der Waals surface area contributed by atoms with Gasteiger partial charge in [0.25, 0.3) is 0 Å². The normalized spacial score (nSPS) is 23.6. The quantitative estimate of drug-likeness (QED) is 0.601. The lowest BCUT2D eigenvalue weighted by atomic mass is 9.57. The van der Waals surface area contributed by atoms with E-state index in [0.29, 0.717) is 12.2 Å².